The van der Waals surface area contributed by atoms with Gasteiger partial charge < -0.3 is 10.3 Å². The second kappa shape index (κ2) is 8.43. The summed E-state index contributed by atoms with van der Waals surface area (Å²) in [5.41, 5.74) is 4.05. The number of rotatable bonds is 7. The Morgan fingerprint density at radius 3 is 2.52 bits per heavy atom. The molecule has 1 aliphatic carbocycles. The lowest BCUT2D eigenvalue weighted by Gasteiger charge is -2.11. The van der Waals surface area contributed by atoms with Gasteiger partial charge in [-0.05, 0) is 24.0 Å². The van der Waals surface area contributed by atoms with Crippen molar-refractivity contribution in [3.05, 3.63) is 82.8 Å². The standard InChI is InChI=1S/C24H22N4O2S/c29-20(25-13-16-7-3-1-4-8-16)15-31-24-27-21-19(17-9-5-2-6-10-17)14-26-22(21)23(30)28(24)18-11-12-18/h1-10,14,18,26H,11-13,15H2,(H,25,29). The molecule has 2 N–H and O–H groups in total. The van der Waals surface area contributed by atoms with Crippen molar-refractivity contribution in [2.45, 2.75) is 30.6 Å². The number of nitrogens with one attached hydrogen (secondary N) is 2. The Morgan fingerprint density at radius 1 is 1.10 bits per heavy atom. The summed E-state index contributed by atoms with van der Waals surface area (Å²) < 4.78 is 1.75. The number of thioether (sulfide) groups is 1. The Kier molecular flexibility index (Phi) is 5.34. The summed E-state index contributed by atoms with van der Waals surface area (Å²) in [5, 5.41) is 3.54. The van der Waals surface area contributed by atoms with Crippen LogP contribution in [0.2, 0.25) is 0 Å². The van der Waals surface area contributed by atoms with Crippen molar-refractivity contribution in [3.63, 3.8) is 0 Å². The van der Waals surface area contributed by atoms with Gasteiger partial charge in [0, 0.05) is 24.3 Å². The Morgan fingerprint density at radius 2 is 1.81 bits per heavy atom. The van der Waals surface area contributed by atoms with Crippen LogP contribution in [0.1, 0.15) is 24.4 Å². The van der Waals surface area contributed by atoms with E-state index in [4.69, 9.17) is 4.98 Å². The molecule has 2 aromatic heterocycles. The minimum absolute atomic E-state index is 0.0677. The van der Waals surface area contributed by atoms with Gasteiger partial charge in [0.1, 0.15) is 11.0 Å². The second-order valence-corrected chi connectivity index (χ2v) is 8.59. The molecule has 2 aromatic carbocycles. The molecule has 6 nitrogen and oxygen atoms in total. The van der Waals surface area contributed by atoms with E-state index in [1.807, 2.05) is 66.9 Å². The highest BCUT2D eigenvalue weighted by atomic mass is 32.2. The second-order valence-electron chi connectivity index (χ2n) is 7.64. The number of benzene rings is 2. The normalized spacial score (nSPS) is 13.4. The molecule has 7 heteroatoms. The van der Waals surface area contributed by atoms with Gasteiger partial charge in [0.15, 0.2) is 5.16 Å². The molecule has 5 rings (SSSR count). The minimum Gasteiger partial charge on any atom is -0.355 e. The number of carbonyl (C=O) groups is 1. The predicted octanol–water partition coefficient (Wildman–Crippen LogP) is 4.14. The number of aromatic nitrogens is 3. The number of H-pyrrole nitrogens is 1. The Labute approximate surface area is 183 Å². The van der Waals surface area contributed by atoms with Crippen molar-refractivity contribution in [1.29, 1.82) is 0 Å². The van der Waals surface area contributed by atoms with Crippen LogP contribution in [-0.2, 0) is 11.3 Å². The first kappa shape index (κ1) is 19.6. The molecule has 156 valence electrons. The average Bonchev–Trinajstić information content (AvgIpc) is 3.55. The molecule has 0 unspecified atom stereocenters. The molecule has 1 saturated carbocycles. The fourth-order valence-corrected chi connectivity index (χ4v) is 4.51. The quantitative estimate of drug-likeness (QED) is 0.341. The number of fused-ring (bicyclic) bond motifs is 1. The van der Waals surface area contributed by atoms with Crippen molar-refractivity contribution < 1.29 is 4.79 Å². The van der Waals surface area contributed by atoms with E-state index >= 15 is 0 Å². The van der Waals surface area contributed by atoms with Crippen LogP contribution in [0, 0.1) is 0 Å². The summed E-state index contributed by atoms with van der Waals surface area (Å²) in [5.74, 6) is 0.130. The van der Waals surface area contributed by atoms with Gasteiger partial charge in [0.2, 0.25) is 5.91 Å². The first-order valence-electron chi connectivity index (χ1n) is 10.3. The highest BCUT2D eigenvalue weighted by Gasteiger charge is 2.29. The van der Waals surface area contributed by atoms with Crippen LogP contribution in [0.4, 0.5) is 0 Å². The lowest BCUT2D eigenvalue weighted by atomic mass is 10.1. The van der Waals surface area contributed by atoms with E-state index in [0.717, 1.165) is 29.5 Å². The van der Waals surface area contributed by atoms with Crippen LogP contribution < -0.4 is 10.9 Å². The number of carbonyl (C=O) groups excluding carboxylic acids is 1. The molecule has 1 amide bonds. The Bertz CT molecular complexity index is 1280. The lowest BCUT2D eigenvalue weighted by Crippen LogP contribution is -2.26. The molecule has 0 atom stereocenters. The van der Waals surface area contributed by atoms with E-state index in [1.54, 1.807) is 4.57 Å². The van der Waals surface area contributed by atoms with Gasteiger partial charge in [-0.1, -0.05) is 72.4 Å². The molecule has 2 heterocycles. The van der Waals surface area contributed by atoms with E-state index in [-0.39, 0.29) is 23.3 Å². The minimum atomic E-state index is -0.0807. The monoisotopic (exact) mass is 430 g/mol. The molecule has 1 fully saturated rings. The van der Waals surface area contributed by atoms with E-state index in [2.05, 4.69) is 10.3 Å². The van der Waals surface area contributed by atoms with E-state index in [1.165, 1.54) is 11.8 Å². The first-order valence-corrected chi connectivity index (χ1v) is 11.3. The number of aromatic amines is 1. The maximum atomic E-state index is 13.2. The third-order valence-electron chi connectivity index (χ3n) is 5.36. The number of nitrogens with zero attached hydrogens (tertiary/aromatic N) is 2. The average molecular weight is 431 g/mol. The maximum absolute atomic E-state index is 13.2. The predicted molar refractivity (Wildman–Crippen MR) is 123 cm³/mol. The zero-order valence-electron chi connectivity index (χ0n) is 16.9. The van der Waals surface area contributed by atoms with Crippen molar-refractivity contribution in [3.8, 4) is 11.1 Å². The van der Waals surface area contributed by atoms with Gasteiger partial charge in [-0.2, -0.15) is 0 Å². The van der Waals surface area contributed by atoms with Crippen LogP contribution in [0.25, 0.3) is 22.2 Å². The molecule has 0 spiro atoms. The Balaban J connectivity index is 1.41. The molecule has 4 aromatic rings. The van der Waals surface area contributed by atoms with Gasteiger partial charge >= 0.3 is 0 Å². The molecule has 0 saturated heterocycles. The van der Waals surface area contributed by atoms with Gasteiger partial charge in [0.25, 0.3) is 5.56 Å². The number of amides is 1. The van der Waals surface area contributed by atoms with Gasteiger partial charge in [-0.25, -0.2) is 4.98 Å². The van der Waals surface area contributed by atoms with Gasteiger partial charge in [-0.3, -0.25) is 14.2 Å². The van der Waals surface area contributed by atoms with Crippen LogP contribution in [0.5, 0.6) is 0 Å². The summed E-state index contributed by atoms with van der Waals surface area (Å²) >= 11 is 1.32. The SMILES string of the molecule is O=C(CSc1nc2c(-c3ccccc3)c[nH]c2c(=O)n1C1CC1)NCc1ccccc1. The Hall–Kier alpha value is -3.32. The molecule has 0 radical (unpaired) electrons. The molecule has 31 heavy (non-hydrogen) atoms. The summed E-state index contributed by atoms with van der Waals surface area (Å²) in [7, 11) is 0. The molecular weight excluding hydrogens is 408 g/mol. The fourth-order valence-electron chi connectivity index (χ4n) is 3.62. The van der Waals surface area contributed by atoms with Crippen molar-refractivity contribution >= 4 is 28.7 Å². The topological polar surface area (TPSA) is 79.8 Å². The fraction of sp³-hybridized carbons (Fsp3) is 0.208. The molecule has 1 aliphatic rings. The number of hydrogen-bond donors (Lipinski definition) is 2. The van der Waals surface area contributed by atoms with Gasteiger partial charge in [-0.15, -0.1) is 0 Å². The van der Waals surface area contributed by atoms with Crippen molar-refractivity contribution in [2.24, 2.45) is 0 Å². The lowest BCUT2D eigenvalue weighted by molar-refractivity contribution is -0.118. The highest BCUT2D eigenvalue weighted by Crippen LogP contribution is 2.37. The zero-order chi connectivity index (χ0) is 21.2. The summed E-state index contributed by atoms with van der Waals surface area (Å²) in [4.78, 5) is 33.6. The third kappa shape index (κ3) is 4.14. The van der Waals surface area contributed by atoms with Crippen LogP contribution in [0.15, 0.2) is 76.8 Å². The smallest absolute Gasteiger partial charge is 0.278 e. The van der Waals surface area contributed by atoms with Crippen LogP contribution in [0.3, 0.4) is 0 Å². The third-order valence-corrected chi connectivity index (χ3v) is 6.31. The number of hydrogen-bond acceptors (Lipinski definition) is 4. The van der Waals surface area contributed by atoms with Crippen molar-refractivity contribution in [2.75, 3.05) is 5.75 Å². The van der Waals surface area contributed by atoms with Crippen LogP contribution in [-0.4, -0.2) is 26.2 Å². The van der Waals surface area contributed by atoms with Gasteiger partial charge in [0.05, 0.1) is 5.75 Å². The summed E-state index contributed by atoms with van der Waals surface area (Å²) in [6, 6.07) is 19.9. The van der Waals surface area contributed by atoms with Crippen molar-refractivity contribution in [1.82, 2.24) is 19.9 Å². The summed E-state index contributed by atoms with van der Waals surface area (Å²) in [6.07, 6.45) is 3.77. The van der Waals surface area contributed by atoms with E-state index < -0.39 is 0 Å². The van der Waals surface area contributed by atoms with Crippen LogP contribution >= 0.6 is 11.8 Å². The molecular formula is C24H22N4O2S. The molecule has 0 bridgehead atoms. The first-order chi connectivity index (χ1) is 15.2. The maximum Gasteiger partial charge on any atom is 0.278 e. The highest BCUT2D eigenvalue weighted by molar-refractivity contribution is 7.99. The van der Waals surface area contributed by atoms with E-state index in [9.17, 15) is 9.59 Å². The van der Waals surface area contributed by atoms with E-state index in [0.29, 0.717) is 22.7 Å². The summed E-state index contributed by atoms with van der Waals surface area (Å²) in [6.45, 7) is 0.484. The molecule has 0 aliphatic heterocycles. The zero-order valence-corrected chi connectivity index (χ0v) is 17.7. The largest absolute Gasteiger partial charge is 0.355 e.